The van der Waals surface area contributed by atoms with Gasteiger partial charge in [0.15, 0.2) is 0 Å². The first-order chi connectivity index (χ1) is 10.0. The Hall–Kier alpha value is -1.07. The number of hydrogen-bond donors (Lipinski definition) is 0. The van der Waals surface area contributed by atoms with E-state index in [-0.39, 0.29) is 11.9 Å². The molecule has 0 radical (unpaired) electrons. The van der Waals surface area contributed by atoms with Gasteiger partial charge in [-0.25, -0.2) is 4.79 Å². The first kappa shape index (κ1) is 16.3. The van der Waals surface area contributed by atoms with Gasteiger partial charge in [-0.3, -0.25) is 4.79 Å². The van der Waals surface area contributed by atoms with E-state index in [1.165, 1.54) is 0 Å². The highest BCUT2D eigenvalue weighted by Gasteiger charge is 2.33. The van der Waals surface area contributed by atoms with Gasteiger partial charge in [0.25, 0.3) is 5.91 Å². The molecule has 0 spiro atoms. The fraction of sp³-hybridized carbons (Fsp3) is 0.467. The van der Waals surface area contributed by atoms with Crippen LogP contribution in [-0.2, 0) is 9.53 Å². The summed E-state index contributed by atoms with van der Waals surface area (Å²) < 4.78 is 5.74. The predicted octanol–water partition coefficient (Wildman–Crippen LogP) is 3.66. The summed E-state index contributed by atoms with van der Waals surface area (Å²) in [4.78, 5) is 26.3. The number of hydrogen-bond acceptors (Lipinski definition) is 3. The van der Waals surface area contributed by atoms with Gasteiger partial charge in [-0.2, -0.15) is 0 Å². The lowest BCUT2D eigenvalue weighted by Crippen LogP contribution is -2.48. The molecule has 1 aromatic rings. The Morgan fingerprint density at radius 1 is 1.43 bits per heavy atom. The third kappa shape index (κ3) is 3.77. The van der Waals surface area contributed by atoms with Crippen LogP contribution < -0.4 is 0 Å². The van der Waals surface area contributed by atoms with Crippen molar-refractivity contribution in [1.29, 1.82) is 0 Å². The summed E-state index contributed by atoms with van der Waals surface area (Å²) in [5.74, 6) is -0.483. The fourth-order valence-corrected chi connectivity index (χ4v) is 2.95. The first-order valence-electron chi connectivity index (χ1n) is 6.97. The van der Waals surface area contributed by atoms with Gasteiger partial charge in [0.05, 0.1) is 11.6 Å². The van der Waals surface area contributed by atoms with Crippen molar-refractivity contribution in [2.24, 2.45) is 0 Å². The quantitative estimate of drug-likeness (QED) is 0.759. The van der Waals surface area contributed by atoms with Gasteiger partial charge in [0, 0.05) is 16.6 Å². The van der Waals surface area contributed by atoms with E-state index in [0.717, 1.165) is 12.8 Å². The van der Waals surface area contributed by atoms with E-state index in [9.17, 15) is 9.59 Å². The number of nitrogens with zero attached hydrogens (tertiary/aromatic N) is 1. The molecule has 1 unspecified atom stereocenters. The van der Waals surface area contributed by atoms with Crippen LogP contribution in [0.25, 0.3) is 0 Å². The minimum absolute atomic E-state index is 0.162. The minimum Gasteiger partial charge on any atom is -0.464 e. The van der Waals surface area contributed by atoms with Crippen molar-refractivity contribution in [1.82, 2.24) is 4.90 Å². The highest BCUT2D eigenvalue weighted by atomic mass is 79.9. The van der Waals surface area contributed by atoms with Crippen LogP contribution in [0.15, 0.2) is 22.7 Å². The minimum atomic E-state index is -0.486. The maximum atomic E-state index is 12.6. The van der Waals surface area contributed by atoms with Crippen molar-refractivity contribution in [3.05, 3.63) is 33.3 Å². The molecule has 1 aliphatic rings. The molecule has 0 N–H and O–H groups in total. The van der Waals surface area contributed by atoms with E-state index in [1.807, 2.05) is 0 Å². The number of piperidine rings is 1. The number of ether oxygens (including phenoxy) is 1. The van der Waals surface area contributed by atoms with Crippen molar-refractivity contribution >= 4 is 39.4 Å². The summed E-state index contributed by atoms with van der Waals surface area (Å²) in [5, 5.41) is 0.548. The second-order valence-electron chi connectivity index (χ2n) is 4.89. The van der Waals surface area contributed by atoms with Crippen molar-refractivity contribution in [3.63, 3.8) is 0 Å². The van der Waals surface area contributed by atoms with E-state index in [4.69, 9.17) is 16.3 Å². The number of benzene rings is 1. The zero-order chi connectivity index (χ0) is 15.4. The number of halogens is 2. The Kier molecular flexibility index (Phi) is 5.65. The van der Waals surface area contributed by atoms with E-state index in [0.29, 0.717) is 34.6 Å². The molecule has 0 aliphatic carbocycles. The van der Waals surface area contributed by atoms with Gasteiger partial charge in [-0.15, -0.1) is 0 Å². The van der Waals surface area contributed by atoms with Gasteiger partial charge in [0.1, 0.15) is 6.04 Å². The van der Waals surface area contributed by atoms with Crippen LogP contribution in [0.4, 0.5) is 0 Å². The number of carbonyl (C=O) groups is 2. The molecule has 4 nitrogen and oxygen atoms in total. The molecule has 1 saturated heterocycles. The molecule has 1 aliphatic heterocycles. The SMILES string of the molecule is CCOC(=O)C1CCCCN1C(=O)c1ccc(Cl)c(Br)c1. The zero-order valence-electron chi connectivity index (χ0n) is 11.8. The standard InChI is InChI=1S/C15H17BrClNO3/c1-2-21-15(20)13-5-3-4-8-18(13)14(19)10-6-7-12(17)11(16)9-10/h6-7,9,13H,2-5,8H2,1H3. The van der Waals surface area contributed by atoms with Crippen molar-refractivity contribution in [2.45, 2.75) is 32.2 Å². The number of likely N-dealkylation sites (tertiary alicyclic amines) is 1. The summed E-state index contributed by atoms with van der Waals surface area (Å²) in [5.41, 5.74) is 0.516. The van der Waals surface area contributed by atoms with Crippen LogP contribution >= 0.6 is 27.5 Å². The molecule has 6 heteroatoms. The second-order valence-corrected chi connectivity index (χ2v) is 6.15. The topological polar surface area (TPSA) is 46.6 Å². The lowest BCUT2D eigenvalue weighted by atomic mass is 10.0. The molecule has 0 bridgehead atoms. The Labute approximate surface area is 137 Å². The lowest BCUT2D eigenvalue weighted by molar-refractivity contribution is -0.149. The van der Waals surface area contributed by atoms with Crippen LogP contribution in [0.5, 0.6) is 0 Å². The van der Waals surface area contributed by atoms with Crippen LogP contribution in [0.1, 0.15) is 36.5 Å². The van der Waals surface area contributed by atoms with Gasteiger partial charge < -0.3 is 9.64 Å². The molecule has 2 rings (SSSR count). The van der Waals surface area contributed by atoms with Crippen LogP contribution in [0.3, 0.4) is 0 Å². The maximum Gasteiger partial charge on any atom is 0.328 e. The molecule has 21 heavy (non-hydrogen) atoms. The molecule has 1 fully saturated rings. The van der Waals surface area contributed by atoms with Gasteiger partial charge in [-0.05, 0) is 60.3 Å². The van der Waals surface area contributed by atoms with Crippen molar-refractivity contribution < 1.29 is 14.3 Å². The summed E-state index contributed by atoms with van der Waals surface area (Å²) in [6.07, 6.45) is 2.48. The number of carbonyl (C=O) groups excluding carboxylic acids is 2. The largest absolute Gasteiger partial charge is 0.464 e. The molecule has 114 valence electrons. The van der Waals surface area contributed by atoms with E-state index >= 15 is 0 Å². The summed E-state index contributed by atoms with van der Waals surface area (Å²) in [7, 11) is 0. The number of esters is 1. The molecular weight excluding hydrogens is 358 g/mol. The summed E-state index contributed by atoms with van der Waals surface area (Å²) >= 11 is 9.26. The van der Waals surface area contributed by atoms with Crippen LogP contribution in [-0.4, -0.2) is 36.0 Å². The average molecular weight is 375 g/mol. The van der Waals surface area contributed by atoms with E-state index in [1.54, 1.807) is 30.0 Å². The fourth-order valence-electron chi connectivity index (χ4n) is 2.45. The molecule has 0 aromatic heterocycles. The maximum absolute atomic E-state index is 12.6. The second kappa shape index (κ2) is 7.27. The third-order valence-electron chi connectivity index (χ3n) is 3.49. The van der Waals surface area contributed by atoms with Gasteiger partial charge >= 0.3 is 5.97 Å². The van der Waals surface area contributed by atoms with Gasteiger partial charge in [-0.1, -0.05) is 11.6 Å². The molecule has 1 heterocycles. The predicted molar refractivity (Wildman–Crippen MR) is 84.5 cm³/mol. The summed E-state index contributed by atoms with van der Waals surface area (Å²) in [6, 6.07) is 4.54. The Morgan fingerprint density at radius 2 is 2.19 bits per heavy atom. The first-order valence-corrected chi connectivity index (χ1v) is 8.14. The highest BCUT2D eigenvalue weighted by molar-refractivity contribution is 9.10. The summed E-state index contributed by atoms with van der Waals surface area (Å²) in [6.45, 7) is 2.66. The van der Waals surface area contributed by atoms with Crippen LogP contribution in [0.2, 0.25) is 5.02 Å². The Balaban J connectivity index is 2.21. The highest BCUT2D eigenvalue weighted by Crippen LogP contribution is 2.26. The Morgan fingerprint density at radius 3 is 2.86 bits per heavy atom. The molecule has 1 atom stereocenters. The lowest BCUT2D eigenvalue weighted by Gasteiger charge is -2.34. The van der Waals surface area contributed by atoms with E-state index in [2.05, 4.69) is 15.9 Å². The smallest absolute Gasteiger partial charge is 0.328 e. The molecule has 1 amide bonds. The molecular formula is C15H17BrClNO3. The van der Waals surface area contributed by atoms with Gasteiger partial charge in [0.2, 0.25) is 0 Å². The van der Waals surface area contributed by atoms with Crippen LogP contribution in [0, 0.1) is 0 Å². The third-order valence-corrected chi connectivity index (χ3v) is 4.70. The molecule has 0 saturated carbocycles. The molecule has 1 aromatic carbocycles. The van der Waals surface area contributed by atoms with E-state index < -0.39 is 6.04 Å². The zero-order valence-corrected chi connectivity index (χ0v) is 14.1. The van der Waals surface area contributed by atoms with Crippen molar-refractivity contribution in [2.75, 3.05) is 13.2 Å². The number of rotatable bonds is 3. The number of amides is 1. The Bertz CT molecular complexity index is 550. The normalized spacial score (nSPS) is 18.4. The average Bonchev–Trinajstić information content (AvgIpc) is 2.49. The monoisotopic (exact) mass is 373 g/mol. The van der Waals surface area contributed by atoms with Crippen molar-refractivity contribution in [3.8, 4) is 0 Å².